The molecule has 6 N–H and O–H groups in total. The summed E-state index contributed by atoms with van der Waals surface area (Å²) < 4.78 is 6.72. The zero-order valence-corrected chi connectivity index (χ0v) is 13.7. The van der Waals surface area contributed by atoms with E-state index in [0.29, 0.717) is 0 Å². The fourth-order valence-electron chi connectivity index (χ4n) is 2.79. The maximum absolute atomic E-state index is 11.2. The number of aromatic nitrogens is 4. The third-order valence-corrected chi connectivity index (χ3v) is 4.14. The van der Waals surface area contributed by atoms with Crippen molar-refractivity contribution in [3.63, 3.8) is 0 Å². The van der Waals surface area contributed by atoms with Gasteiger partial charge in [-0.25, -0.2) is 19.7 Å². The predicted molar refractivity (Wildman–Crippen MR) is 85.6 cm³/mol. The van der Waals surface area contributed by atoms with Crippen LogP contribution in [0.15, 0.2) is 12.7 Å². The van der Waals surface area contributed by atoms with Gasteiger partial charge in [-0.15, -0.1) is 0 Å². The summed E-state index contributed by atoms with van der Waals surface area (Å²) in [7, 11) is 0. The number of aliphatic hydroxyl groups is 3. The van der Waals surface area contributed by atoms with Crippen molar-refractivity contribution in [3.8, 4) is 0 Å². The van der Waals surface area contributed by atoms with Crippen molar-refractivity contribution in [1.82, 2.24) is 19.5 Å². The molecular formula is C14H17N5O8. The maximum atomic E-state index is 11.2. The number of nitrogens with one attached hydrogen (secondary N) is 1. The molecule has 1 aliphatic heterocycles. The fourth-order valence-corrected chi connectivity index (χ4v) is 2.79. The summed E-state index contributed by atoms with van der Waals surface area (Å²) in [6, 6.07) is -1.44. The molecule has 13 nitrogen and oxygen atoms in total. The predicted octanol–water partition coefficient (Wildman–Crippen LogP) is -2.22. The van der Waals surface area contributed by atoms with Crippen LogP contribution in [0.3, 0.4) is 0 Å². The van der Waals surface area contributed by atoms with Crippen LogP contribution < -0.4 is 5.32 Å². The van der Waals surface area contributed by atoms with Crippen molar-refractivity contribution < 1.29 is 39.9 Å². The van der Waals surface area contributed by atoms with Gasteiger partial charge in [0.25, 0.3) is 0 Å². The van der Waals surface area contributed by atoms with Gasteiger partial charge in [0, 0.05) is 0 Å². The summed E-state index contributed by atoms with van der Waals surface area (Å²) in [6.07, 6.45) is -3.08. The first-order chi connectivity index (χ1) is 12.8. The van der Waals surface area contributed by atoms with Gasteiger partial charge in [0.15, 0.2) is 23.2 Å². The molecule has 0 bridgehead atoms. The molecule has 13 heteroatoms. The zero-order valence-electron chi connectivity index (χ0n) is 13.7. The Morgan fingerprint density at radius 3 is 2.56 bits per heavy atom. The van der Waals surface area contributed by atoms with E-state index in [1.54, 1.807) is 0 Å². The van der Waals surface area contributed by atoms with Gasteiger partial charge in [-0.1, -0.05) is 0 Å². The van der Waals surface area contributed by atoms with Crippen LogP contribution in [0.5, 0.6) is 0 Å². The lowest BCUT2D eigenvalue weighted by molar-refractivity contribution is -0.144. The number of carboxylic acids is 2. The lowest BCUT2D eigenvalue weighted by Gasteiger charge is -2.17. The second kappa shape index (κ2) is 7.40. The molecule has 1 saturated heterocycles. The maximum Gasteiger partial charge on any atom is 0.326 e. The van der Waals surface area contributed by atoms with Crippen molar-refractivity contribution in [2.75, 3.05) is 11.9 Å². The first-order valence-corrected chi connectivity index (χ1v) is 7.84. The molecule has 0 spiro atoms. The molecule has 3 heterocycles. The summed E-state index contributed by atoms with van der Waals surface area (Å²) >= 11 is 0. The van der Waals surface area contributed by atoms with Crippen LogP contribution in [0.2, 0.25) is 0 Å². The minimum absolute atomic E-state index is 0.0147. The van der Waals surface area contributed by atoms with E-state index in [-0.39, 0.29) is 17.0 Å². The van der Waals surface area contributed by atoms with Gasteiger partial charge in [-0.05, 0) is 0 Å². The van der Waals surface area contributed by atoms with E-state index in [1.165, 1.54) is 10.9 Å². The number of carboxylic acid groups (broad SMARTS) is 2. The van der Waals surface area contributed by atoms with E-state index < -0.39 is 55.5 Å². The second-order valence-electron chi connectivity index (χ2n) is 5.91. The van der Waals surface area contributed by atoms with Crippen LogP contribution in [0.4, 0.5) is 5.82 Å². The molecule has 27 heavy (non-hydrogen) atoms. The minimum atomic E-state index is -1.44. The van der Waals surface area contributed by atoms with Gasteiger partial charge < -0.3 is 35.6 Å². The van der Waals surface area contributed by atoms with Crippen LogP contribution in [0.25, 0.3) is 11.2 Å². The Bertz CT molecular complexity index is 857. The number of carbonyl (C=O) groups is 2. The van der Waals surface area contributed by atoms with Gasteiger partial charge >= 0.3 is 11.9 Å². The monoisotopic (exact) mass is 383 g/mol. The molecule has 0 aromatic carbocycles. The molecule has 3 rings (SSSR count). The average Bonchev–Trinajstić information content (AvgIpc) is 3.16. The Hall–Kier alpha value is -2.87. The molecule has 1 aliphatic rings. The molecule has 5 atom stereocenters. The van der Waals surface area contributed by atoms with Crippen LogP contribution in [0.1, 0.15) is 12.6 Å². The number of ether oxygens (including phenoxy) is 1. The second-order valence-corrected chi connectivity index (χ2v) is 5.91. The highest BCUT2D eigenvalue weighted by molar-refractivity contribution is 5.88. The van der Waals surface area contributed by atoms with Crippen molar-refractivity contribution in [2.45, 2.75) is 37.0 Å². The van der Waals surface area contributed by atoms with E-state index >= 15 is 0 Å². The lowest BCUT2D eigenvalue weighted by Crippen LogP contribution is -2.33. The van der Waals surface area contributed by atoms with Gasteiger partial charge in [-0.3, -0.25) is 9.36 Å². The Morgan fingerprint density at radius 1 is 1.22 bits per heavy atom. The zero-order chi connectivity index (χ0) is 19.7. The van der Waals surface area contributed by atoms with E-state index in [9.17, 15) is 24.9 Å². The number of fused-ring (bicyclic) bond motifs is 1. The molecule has 1 unspecified atom stereocenters. The topological polar surface area (TPSA) is 200 Å². The molecule has 0 amide bonds. The third-order valence-electron chi connectivity index (χ3n) is 4.14. The average molecular weight is 383 g/mol. The van der Waals surface area contributed by atoms with Crippen molar-refractivity contribution >= 4 is 28.9 Å². The number of nitrogens with zero attached hydrogens (tertiary/aromatic N) is 4. The van der Waals surface area contributed by atoms with Crippen molar-refractivity contribution in [3.05, 3.63) is 12.7 Å². The largest absolute Gasteiger partial charge is 0.481 e. The summed E-state index contributed by atoms with van der Waals surface area (Å²) in [5.41, 5.74) is 0.272. The van der Waals surface area contributed by atoms with E-state index in [4.69, 9.17) is 14.9 Å². The van der Waals surface area contributed by atoms with Crippen LogP contribution >= 0.6 is 0 Å². The number of anilines is 1. The standard InChI is InChI=1S/C14H17N5O8/c20-2-6-9(23)10(24)13(27-6)19-4-17-8-11(15-3-16-12(8)19)18-5(14(25)26)1-7(21)22/h3-6,9-10,13,20,23-24H,1-2H2,(H,21,22)(H,25,26)(H,15,16,18)/t5?,6-,9-,10-,13-/m1/s1. The number of aliphatic carboxylic acids is 2. The Balaban J connectivity index is 1.93. The third kappa shape index (κ3) is 3.52. The number of aliphatic hydroxyl groups excluding tert-OH is 3. The van der Waals surface area contributed by atoms with Crippen molar-refractivity contribution in [1.29, 1.82) is 0 Å². The minimum Gasteiger partial charge on any atom is -0.481 e. The van der Waals surface area contributed by atoms with Gasteiger partial charge in [-0.2, -0.15) is 0 Å². The molecule has 1 fully saturated rings. The van der Waals surface area contributed by atoms with Gasteiger partial charge in [0.2, 0.25) is 0 Å². The molecule has 0 saturated carbocycles. The Kier molecular flexibility index (Phi) is 5.18. The molecule has 146 valence electrons. The smallest absolute Gasteiger partial charge is 0.326 e. The van der Waals surface area contributed by atoms with E-state index in [1.807, 2.05) is 0 Å². The molecule has 0 aliphatic carbocycles. The summed E-state index contributed by atoms with van der Waals surface area (Å²) in [4.78, 5) is 34.0. The number of hydrogen-bond donors (Lipinski definition) is 6. The van der Waals surface area contributed by atoms with Gasteiger partial charge in [0.05, 0.1) is 19.4 Å². The number of rotatable bonds is 7. The first kappa shape index (κ1) is 18.9. The highest BCUT2D eigenvalue weighted by atomic mass is 16.6. The van der Waals surface area contributed by atoms with E-state index in [2.05, 4.69) is 20.3 Å². The highest BCUT2D eigenvalue weighted by Gasteiger charge is 2.44. The van der Waals surface area contributed by atoms with Gasteiger partial charge in [0.1, 0.15) is 30.7 Å². The number of imidazole rings is 1. The Labute approximate surface area is 150 Å². The molecule has 2 aromatic heterocycles. The molecule has 2 aromatic rings. The molecular weight excluding hydrogens is 366 g/mol. The van der Waals surface area contributed by atoms with Crippen LogP contribution in [-0.2, 0) is 14.3 Å². The summed E-state index contributed by atoms with van der Waals surface area (Å²) in [5.74, 6) is -2.71. The normalized spacial score (nSPS) is 26.2. The summed E-state index contributed by atoms with van der Waals surface area (Å²) in [5, 5.41) is 49.7. The van der Waals surface area contributed by atoms with Crippen LogP contribution in [0, 0.1) is 0 Å². The quantitative estimate of drug-likeness (QED) is 0.301. The molecule has 0 radical (unpaired) electrons. The summed E-state index contributed by atoms with van der Waals surface area (Å²) in [6.45, 7) is -0.501. The Morgan fingerprint density at radius 2 is 1.96 bits per heavy atom. The van der Waals surface area contributed by atoms with Crippen LogP contribution in [-0.4, -0.2) is 88.0 Å². The van der Waals surface area contributed by atoms with E-state index in [0.717, 1.165) is 6.33 Å². The highest BCUT2D eigenvalue weighted by Crippen LogP contribution is 2.32. The lowest BCUT2D eigenvalue weighted by atomic mass is 10.1. The first-order valence-electron chi connectivity index (χ1n) is 7.84. The number of hydrogen-bond acceptors (Lipinski definition) is 10. The SMILES string of the molecule is O=C(O)CC(Nc1ncnc2c1ncn2[C@@H]1O[C@H](CO)[C@@H](O)[C@H]1O)C(=O)O. The van der Waals surface area contributed by atoms with Crippen molar-refractivity contribution in [2.24, 2.45) is 0 Å². The fraction of sp³-hybridized carbons (Fsp3) is 0.500.